The van der Waals surface area contributed by atoms with Gasteiger partial charge in [0, 0.05) is 5.02 Å². The van der Waals surface area contributed by atoms with E-state index in [0.717, 1.165) is 17.5 Å². The van der Waals surface area contributed by atoms with Crippen molar-refractivity contribution in [2.45, 2.75) is 20.0 Å². The van der Waals surface area contributed by atoms with Crippen molar-refractivity contribution < 1.29 is 14.6 Å². The Morgan fingerprint density at radius 2 is 1.91 bits per heavy atom. The zero-order chi connectivity index (χ0) is 16.1. The molecule has 0 aliphatic heterocycles. The monoisotopic (exact) mass is 319 g/mol. The van der Waals surface area contributed by atoms with Gasteiger partial charge in [-0.15, -0.1) is 0 Å². The molecule has 0 fully saturated rings. The van der Waals surface area contributed by atoms with Gasteiger partial charge in [-0.3, -0.25) is 4.79 Å². The van der Waals surface area contributed by atoms with E-state index in [9.17, 15) is 4.79 Å². The average molecular weight is 320 g/mol. The number of hydrogen-bond donors (Lipinski definition) is 2. The van der Waals surface area contributed by atoms with E-state index < -0.39 is 5.91 Å². The standard InChI is InChI=1S/C17H18ClNO3/c1-2-7-22-16-6-5-11(8-14(16)17(19)21)12-3-4-13(10-20)15(18)9-12/h3-6,8-9,20H,2,7,10H2,1H3,(H2,19,21). The van der Waals surface area contributed by atoms with Crippen LogP contribution in [0.15, 0.2) is 36.4 Å². The second-order valence-electron chi connectivity index (χ2n) is 4.89. The van der Waals surface area contributed by atoms with Crippen LogP contribution < -0.4 is 10.5 Å². The fourth-order valence-electron chi connectivity index (χ4n) is 2.10. The number of carbonyl (C=O) groups excluding carboxylic acids is 1. The molecule has 22 heavy (non-hydrogen) atoms. The van der Waals surface area contributed by atoms with Gasteiger partial charge in [0.1, 0.15) is 5.75 Å². The second kappa shape index (κ2) is 7.29. The van der Waals surface area contributed by atoms with E-state index in [0.29, 0.717) is 28.5 Å². The topological polar surface area (TPSA) is 72.6 Å². The van der Waals surface area contributed by atoms with Crippen molar-refractivity contribution in [1.29, 1.82) is 0 Å². The van der Waals surface area contributed by atoms with E-state index >= 15 is 0 Å². The lowest BCUT2D eigenvalue weighted by Crippen LogP contribution is -2.13. The highest BCUT2D eigenvalue weighted by molar-refractivity contribution is 6.31. The summed E-state index contributed by atoms with van der Waals surface area (Å²) in [7, 11) is 0. The Morgan fingerprint density at radius 3 is 2.50 bits per heavy atom. The molecule has 0 radical (unpaired) electrons. The van der Waals surface area contributed by atoms with Gasteiger partial charge in [-0.05, 0) is 41.3 Å². The third-order valence-corrected chi connectivity index (χ3v) is 3.62. The predicted octanol–water partition coefficient (Wildman–Crippen LogP) is 3.39. The first-order chi connectivity index (χ1) is 10.6. The first kappa shape index (κ1) is 16.3. The van der Waals surface area contributed by atoms with Crippen molar-refractivity contribution in [3.05, 3.63) is 52.5 Å². The molecule has 3 N–H and O–H groups in total. The molecule has 2 rings (SSSR count). The first-order valence-corrected chi connectivity index (χ1v) is 7.41. The van der Waals surface area contributed by atoms with E-state index in [2.05, 4.69) is 0 Å². The summed E-state index contributed by atoms with van der Waals surface area (Å²) in [6, 6.07) is 10.6. The van der Waals surface area contributed by atoms with Crippen LogP contribution in [0, 0.1) is 0 Å². The van der Waals surface area contributed by atoms with E-state index in [-0.39, 0.29) is 6.61 Å². The molecule has 0 saturated carbocycles. The molecule has 116 valence electrons. The van der Waals surface area contributed by atoms with Crippen LogP contribution in [0.3, 0.4) is 0 Å². The smallest absolute Gasteiger partial charge is 0.252 e. The lowest BCUT2D eigenvalue weighted by Gasteiger charge is -2.11. The maximum absolute atomic E-state index is 11.6. The zero-order valence-electron chi connectivity index (χ0n) is 12.3. The van der Waals surface area contributed by atoms with Gasteiger partial charge in [0.2, 0.25) is 0 Å². The summed E-state index contributed by atoms with van der Waals surface area (Å²) >= 11 is 6.11. The number of nitrogens with two attached hydrogens (primary N) is 1. The number of rotatable bonds is 6. The van der Waals surface area contributed by atoms with Gasteiger partial charge in [0.15, 0.2) is 0 Å². The number of hydrogen-bond acceptors (Lipinski definition) is 3. The number of amides is 1. The van der Waals surface area contributed by atoms with E-state index in [1.165, 1.54) is 0 Å². The van der Waals surface area contributed by atoms with Crippen LogP contribution in [0.2, 0.25) is 5.02 Å². The molecule has 0 unspecified atom stereocenters. The molecule has 0 bridgehead atoms. The van der Waals surface area contributed by atoms with Crippen molar-refractivity contribution in [2.24, 2.45) is 5.73 Å². The fourth-order valence-corrected chi connectivity index (χ4v) is 2.34. The Labute approximate surface area is 134 Å². The fraction of sp³-hybridized carbons (Fsp3) is 0.235. The highest BCUT2D eigenvalue weighted by Gasteiger charge is 2.12. The van der Waals surface area contributed by atoms with Crippen LogP contribution in [0.4, 0.5) is 0 Å². The minimum atomic E-state index is -0.536. The molecule has 0 aromatic heterocycles. The number of primary amides is 1. The normalized spacial score (nSPS) is 10.5. The molecule has 5 heteroatoms. The van der Waals surface area contributed by atoms with Crippen LogP contribution >= 0.6 is 11.6 Å². The van der Waals surface area contributed by atoms with Crippen LogP contribution in [0.5, 0.6) is 5.75 Å². The maximum Gasteiger partial charge on any atom is 0.252 e. The molecule has 2 aromatic carbocycles. The quantitative estimate of drug-likeness (QED) is 0.857. The minimum Gasteiger partial charge on any atom is -0.493 e. The first-order valence-electron chi connectivity index (χ1n) is 7.03. The van der Waals surface area contributed by atoms with Crippen molar-refractivity contribution in [2.75, 3.05) is 6.61 Å². The molecule has 0 heterocycles. The third-order valence-electron chi connectivity index (χ3n) is 3.26. The van der Waals surface area contributed by atoms with E-state index in [4.69, 9.17) is 27.2 Å². The van der Waals surface area contributed by atoms with Gasteiger partial charge in [-0.1, -0.05) is 36.7 Å². The molecular weight excluding hydrogens is 302 g/mol. The number of aliphatic hydroxyl groups is 1. The molecule has 0 aliphatic rings. The lowest BCUT2D eigenvalue weighted by molar-refractivity contribution is 0.0996. The molecule has 0 spiro atoms. The Balaban J connectivity index is 2.42. The SMILES string of the molecule is CCCOc1ccc(-c2ccc(CO)c(Cl)c2)cc1C(N)=O. The minimum absolute atomic E-state index is 0.116. The summed E-state index contributed by atoms with van der Waals surface area (Å²) in [4.78, 5) is 11.6. The lowest BCUT2D eigenvalue weighted by atomic mass is 10.0. The van der Waals surface area contributed by atoms with Gasteiger partial charge < -0.3 is 15.6 Å². The third kappa shape index (κ3) is 3.59. The number of halogens is 1. The van der Waals surface area contributed by atoms with Crippen molar-refractivity contribution in [1.82, 2.24) is 0 Å². The largest absolute Gasteiger partial charge is 0.493 e. The Hall–Kier alpha value is -2.04. The van der Waals surface area contributed by atoms with Crippen LogP contribution in [0.1, 0.15) is 29.3 Å². The summed E-state index contributed by atoms with van der Waals surface area (Å²) in [5, 5.41) is 9.63. The molecule has 0 atom stereocenters. The maximum atomic E-state index is 11.6. The highest BCUT2D eigenvalue weighted by Crippen LogP contribution is 2.29. The summed E-state index contributed by atoms with van der Waals surface area (Å²) in [5.74, 6) is -0.0535. The molecule has 0 saturated heterocycles. The number of ether oxygens (including phenoxy) is 1. The Kier molecular flexibility index (Phi) is 5.41. The van der Waals surface area contributed by atoms with Gasteiger partial charge in [-0.2, -0.15) is 0 Å². The summed E-state index contributed by atoms with van der Waals surface area (Å²) < 4.78 is 5.54. The van der Waals surface area contributed by atoms with E-state index in [1.807, 2.05) is 19.1 Å². The Bertz CT molecular complexity index is 686. The van der Waals surface area contributed by atoms with Crippen LogP contribution in [-0.4, -0.2) is 17.6 Å². The summed E-state index contributed by atoms with van der Waals surface area (Å²) in [6.45, 7) is 2.40. The molecule has 4 nitrogen and oxygen atoms in total. The Morgan fingerprint density at radius 1 is 1.23 bits per heavy atom. The summed E-state index contributed by atoms with van der Waals surface area (Å²) in [5.41, 5.74) is 8.08. The van der Waals surface area contributed by atoms with Crippen molar-refractivity contribution in [3.8, 4) is 16.9 Å². The number of benzene rings is 2. The predicted molar refractivity (Wildman–Crippen MR) is 87.1 cm³/mol. The van der Waals surface area contributed by atoms with Gasteiger partial charge in [0.05, 0.1) is 18.8 Å². The molecule has 1 amide bonds. The number of carbonyl (C=O) groups is 1. The van der Waals surface area contributed by atoms with Crippen molar-refractivity contribution in [3.63, 3.8) is 0 Å². The molecule has 0 aliphatic carbocycles. The number of aliphatic hydroxyl groups excluding tert-OH is 1. The average Bonchev–Trinajstić information content (AvgIpc) is 2.52. The second-order valence-corrected chi connectivity index (χ2v) is 5.30. The highest BCUT2D eigenvalue weighted by atomic mass is 35.5. The van der Waals surface area contributed by atoms with Crippen LogP contribution in [0.25, 0.3) is 11.1 Å². The summed E-state index contributed by atoms with van der Waals surface area (Å²) in [6.07, 6.45) is 0.845. The molecular formula is C17H18ClNO3. The zero-order valence-corrected chi connectivity index (χ0v) is 13.1. The van der Waals surface area contributed by atoms with Gasteiger partial charge >= 0.3 is 0 Å². The van der Waals surface area contributed by atoms with Gasteiger partial charge in [-0.25, -0.2) is 0 Å². The molecule has 2 aromatic rings. The van der Waals surface area contributed by atoms with Gasteiger partial charge in [0.25, 0.3) is 5.91 Å². The van der Waals surface area contributed by atoms with E-state index in [1.54, 1.807) is 24.3 Å². The van der Waals surface area contributed by atoms with Crippen molar-refractivity contribution >= 4 is 17.5 Å². The van der Waals surface area contributed by atoms with Crippen LogP contribution in [-0.2, 0) is 6.61 Å².